The highest BCUT2D eigenvalue weighted by Gasteiger charge is 2.49. The highest BCUT2D eigenvalue weighted by Crippen LogP contribution is 2.46. The van der Waals surface area contributed by atoms with Gasteiger partial charge in [-0.25, -0.2) is 14.4 Å². The van der Waals surface area contributed by atoms with E-state index < -0.39 is 0 Å². The van der Waals surface area contributed by atoms with Crippen LogP contribution in [0, 0.1) is 17.7 Å². The zero-order chi connectivity index (χ0) is 29.6. The average Bonchev–Trinajstić information content (AvgIpc) is 3.82. The number of amides is 1. The molecule has 3 aromatic rings. The summed E-state index contributed by atoms with van der Waals surface area (Å²) in [4.78, 5) is 36.7. The number of anilines is 1. The molecule has 2 bridgehead atoms. The Kier molecular flexibility index (Phi) is 7.13. The number of hydrogen-bond donors (Lipinski definition) is 2. The van der Waals surface area contributed by atoms with Crippen LogP contribution < -0.4 is 20.1 Å². The number of esters is 1. The number of hydrogen-bond acceptors (Lipinski definition) is 10. The van der Waals surface area contributed by atoms with Crippen molar-refractivity contribution in [3.05, 3.63) is 47.5 Å². The van der Waals surface area contributed by atoms with Crippen molar-refractivity contribution in [2.24, 2.45) is 11.8 Å². The van der Waals surface area contributed by atoms with Gasteiger partial charge in [-0.1, -0.05) is 0 Å². The van der Waals surface area contributed by atoms with Gasteiger partial charge in [0.25, 0.3) is 5.91 Å². The molecule has 11 nitrogen and oxygen atoms in total. The van der Waals surface area contributed by atoms with E-state index in [4.69, 9.17) is 18.9 Å². The molecule has 1 unspecified atom stereocenters. The highest BCUT2D eigenvalue weighted by molar-refractivity contribution is 5.94. The summed E-state index contributed by atoms with van der Waals surface area (Å²) in [6, 6.07) is 7.26. The van der Waals surface area contributed by atoms with Crippen molar-refractivity contribution in [2.45, 2.75) is 62.6 Å². The molecule has 12 heteroatoms. The fraction of sp³-hybridized carbons (Fsp3) is 0.516. The van der Waals surface area contributed by atoms with Gasteiger partial charge in [0.05, 0.1) is 54.8 Å². The van der Waals surface area contributed by atoms with Gasteiger partial charge in [-0.05, 0) is 63.1 Å². The van der Waals surface area contributed by atoms with Gasteiger partial charge < -0.3 is 29.6 Å². The molecule has 2 saturated heterocycles. The maximum absolute atomic E-state index is 15.1. The molecule has 0 aromatic carbocycles. The van der Waals surface area contributed by atoms with Crippen LogP contribution in [0.25, 0.3) is 11.0 Å². The van der Waals surface area contributed by atoms with Gasteiger partial charge in [-0.2, -0.15) is 0 Å². The monoisotopic (exact) mass is 591 g/mol. The number of ether oxygens (including phenoxy) is 4. The molecule has 2 aliphatic carbocycles. The molecule has 226 valence electrons. The largest absolute Gasteiger partial charge is 0.480 e. The summed E-state index contributed by atoms with van der Waals surface area (Å²) in [6.45, 7) is 1.48. The van der Waals surface area contributed by atoms with Crippen LogP contribution in [0.4, 0.5) is 10.2 Å². The molecule has 0 spiro atoms. The minimum atomic E-state index is -0.386. The summed E-state index contributed by atoms with van der Waals surface area (Å²) in [5.41, 5.74) is 1.99. The average molecular weight is 592 g/mol. The Bertz CT molecular complexity index is 1560. The number of rotatable bonds is 10. The van der Waals surface area contributed by atoms with Crippen LogP contribution in [0.2, 0.25) is 0 Å². The van der Waals surface area contributed by atoms with Crippen LogP contribution in [0.5, 0.6) is 11.6 Å². The lowest BCUT2D eigenvalue weighted by Crippen LogP contribution is -2.61. The second kappa shape index (κ2) is 11.0. The van der Waals surface area contributed by atoms with Crippen molar-refractivity contribution in [3.8, 4) is 11.6 Å². The van der Waals surface area contributed by atoms with Crippen LogP contribution in [0.1, 0.15) is 49.8 Å². The third kappa shape index (κ3) is 5.61. The summed E-state index contributed by atoms with van der Waals surface area (Å²) in [5.74, 6) is 0.594. The first-order chi connectivity index (χ1) is 20.8. The Balaban J connectivity index is 0.969. The van der Waals surface area contributed by atoms with Gasteiger partial charge in [0.15, 0.2) is 18.2 Å². The van der Waals surface area contributed by atoms with Crippen molar-refractivity contribution in [2.75, 3.05) is 32.2 Å². The molecule has 2 saturated carbocycles. The quantitative estimate of drug-likeness (QED) is 0.338. The van der Waals surface area contributed by atoms with Crippen molar-refractivity contribution < 1.29 is 32.9 Å². The van der Waals surface area contributed by atoms with Crippen LogP contribution in [0.15, 0.2) is 30.5 Å². The van der Waals surface area contributed by atoms with Crippen LogP contribution in [-0.4, -0.2) is 64.9 Å². The molecule has 0 radical (unpaired) electrons. The zero-order valence-corrected chi connectivity index (χ0v) is 24.0. The predicted molar refractivity (Wildman–Crippen MR) is 152 cm³/mol. The van der Waals surface area contributed by atoms with Gasteiger partial charge in [0, 0.05) is 29.6 Å². The second-order valence-electron chi connectivity index (χ2n) is 12.1. The standard InChI is InChI=1S/C31H34FN5O6/c1-40-29(39)21-12-18(21)15-42-26-5-3-23-27(37-26)20(22(32)14-33-23)6-7-31-10-8-30(9-11-31,17-43-31)34-13-19-2-4-24-28(35-19)36-25(38)16-41-24/h2-5,14,18,21,34H,6-13,15-17H2,1H3,(H,35,36,38)/t18-,21?,30?,31?/m0/s1. The fourth-order valence-corrected chi connectivity index (χ4v) is 6.51. The third-order valence-corrected chi connectivity index (χ3v) is 9.39. The van der Waals surface area contributed by atoms with E-state index >= 15 is 4.39 Å². The molecule has 5 aliphatic rings. The fourth-order valence-electron chi connectivity index (χ4n) is 6.51. The van der Waals surface area contributed by atoms with Crippen LogP contribution in [-0.2, 0) is 32.0 Å². The highest BCUT2D eigenvalue weighted by atomic mass is 19.1. The van der Waals surface area contributed by atoms with E-state index in [-0.39, 0.29) is 47.3 Å². The Morgan fingerprint density at radius 1 is 1.19 bits per heavy atom. The number of nitrogens with one attached hydrogen (secondary N) is 2. The molecule has 4 fully saturated rings. The minimum Gasteiger partial charge on any atom is -0.480 e. The third-order valence-electron chi connectivity index (χ3n) is 9.39. The van der Waals surface area contributed by atoms with Gasteiger partial charge in [0.1, 0.15) is 5.82 Å². The summed E-state index contributed by atoms with van der Waals surface area (Å²) in [5, 5.41) is 6.42. The number of nitrogens with zero attached hydrogens (tertiary/aromatic N) is 3. The van der Waals surface area contributed by atoms with Gasteiger partial charge in [0.2, 0.25) is 5.88 Å². The van der Waals surface area contributed by atoms with Crippen molar-refractivity contribution in [3.63, 3.8) is 0 Å². The number of aryl methyl sites for hydroxylation is 1. The van der Waals surface area contributed by atoms with Gasteiger partial charge in [-0.15, -0.1) is 0 Å². The van der Waals surface area contributed by atoms with E-state index in [9.17, 15) is 9.59 Å². The Hall–Kier alpha value is -3.90. The topological polar surface area (TPSA) is 134 Å². The molecule has 6 heterocycles. The maximum Gasteiger partial charge on any atom is 0.309 e. The maximum atomic E-state index is 15.1. The Labute approximate surface area is 247 Å². The number of methoxy groups -OCH3 is 1. The molecule has 3 aliphatic heterocycles. The number of carbonyl (C=O) groups is 2. The summed E-state index contributed by atoms with van der Waals surface area (Å²) < 4.78 is 37.7. The van der Waals surface area contributed by atoms with E-state index in [1.807, 2.05) is 12.1 Å². The molecule has 3 aromatic heterocycles. The number of carbonyl (C=O) groups excluding carboxylic acids is 2. The van der Waals surface area contributed by atoms with Crippen molar-refractivity contribution in [1.29, 1.82) is 0 Å². The van der Waals surface area contributed by atoms with Crippen LogP contribution in [0.3, 0.4) is 0 Å². The normalized spacial score (nSPS) is 27.3. The van der Waals surface area contributed by atoms with E-state index in [0.717, 1.165) is 37.8 Å². The van der Waals surface area contributed by atoms with Gasteiger partial charge >= 0.3 is 5.97 Å². The van der Waals surface area contributed by atoms with E-state index in [0.29, 0.717) is 66.6 Å². The molecule has 8 rings (SSSR count). The van der Waals surface area contributed by atoms with Crippen LogP contribution >= 0.6 is 0 Å². The molecule has 2 N–H and O–H groups in total. The molecule has 43 heavy (non-hydrogen) atoms. The summed E-state index contributed by atoms with van der Waals surface area (Å²) in [7, 11) is 1.39. The number of halogens is 1. The minimum absolute atomic E-state index is 0.00491. The Morgan fingerprint density at radius 2 is 2.05 bits per heavy atom. The zero-order valence-electron chi connectivity index (χ0n) is 24.0. The smallest absolute Gasteiger partial charge is 0.309 e. The number of aromatic nitrogens is 3. The van der Waals surface area contributed by atoms with E-state index in [2.05, 4.69) is 25.6 Å². The first-order valence-electron chi connectivity index (χ1n) is 14.8. The summed E-state index contributed by atoms with van der Waals surface area (Å²) >= 11 is 0. The lowest BCUT2D eigenvalue weighted by molar-refractivity contribution is -0.165. The van der Waals surface area contributed by atoms with Crippen molar-refractivity contribution in [1.82, 2.24) is 20.3 Å². The number of pyridine rings is 3. The lowest BCUT2D eigenvalue weighted by atomic mass is 9.69. The molecule has 2 atom stereocenters. The van der Waals surface area contributed by atoms with E-state index in [1.165, 1.54) is 13.3 Å². The number of fused-ring (bicyclic) bond motifs is 5. The summed E-state index contributed by atoms with van der Waals surface area (Å²) in [6.07, 6.45) is 6.78. The first kappa shape index (κ1) is 27.9. The molecular formula is C31H34FN5O6. The Morgan fingerprint density at radius 3 is 2.84 bits per heavy atom. The molecule has 1 amide bonds. The van der Waals surface area contributed by atoms with Crippen molar-refractivity contribution >= 4 is 28.7 Å². The SMILES string of the molecule is COC(=O)C1C[C@H]1COc1ccc2ncc(F)c(CCC34CCC(NCc5ccc6c(n5)NC(=O)CO6)(CC3)CO4)c2n1. The predicted octanol–water partition coefficient (Wildman–Crippen LogP) is 3.49. The molecular weight excluding hydrogens is 557 g/mol. The van der Waals surface area contributed by atoms with Gasteiger partial charge in [-0.3, -0.25) is 14.6 Å². The first-order valence-corrected chi connectivity index (χ1v) is 14.8. The van der Waals surface area contributed by atoms with E-state index in [1.54, 1.807) is 12.1 Å². The second-order valence-corrected chi connectivity index (χ2v) is 12.1. The lowest BCUT2D eigenvalue weighted by Gasteiger charge is -2.53.